The van der Waals surface area contributed by atoms with Crippen LogP contribution in [0.5, 0.6) is 0 Å². The maximum atomic E-state index is 5.40. The van der Waals surface area contributed by atoms with E-state index in [2.05, 4.69) is 34.5 Å². The fraction of sp³-hybridized carbons (Fsp3) is 0.667. The number of hydrogen-bond donors (Lipinski definition) is 1. The van der Waals surface area contributed by atoms with E-state index in [-0.39, 0.29) is 0 Å². The molecular weight excluding hydrogens is 260 g/mol. The number of hydrogen-bond acceptors (Lipinski definition) is 3. The highest BCUT2D eigenvalue weighted by molar-refractivity contribution is 5.55. The van der Waals surface area contributed by atoms with E-state index in [9.17, 15) is 0 Å². The van der Waals surface area contributed by atoms with E-state index in [1.54, 1.807) is 0 Å². The van der Waals surface area contributed by atoms with Gasteiger partial charge in [-0.15, -0.1) is 0 Å². The summed E-state index contributed by atoms with van der Waals surface area (Å²) in [6.07, 6.45) is 8.55. The maximum absolute atomic E-state index is 5.40. The molecule has 0 spiro atoms. The molecule has 2 fully saturated rings. The average molecular weight is 288 g/mol. The minimum Gasteiger partial charge on any atom is -0.385 e. The normalized spacial score (nSPS) is 20.5. The molecule has 0 aromatic heterocycles. The zero-order chi connectivity index (χ0) is 14.3. The Balaban J connectivity index is 1.43. The second-order valence-electron chi connectivity index (χ2n) is 6.37. The molecule has 3 nitrogen and oxygen atoms in total. The molecule has 1 aliphatic heterocycles. The maximum Gasteiger partial charge on any atom is 0.0642 e. The topological polar surface area (TPSA) is 24.5 Å². The molecule has 0 unspecified atom stereocenters. The summed E-state index contributed by atoms with van der Waals surface area (Å²) >= 11 is 0. The first-order chi connectivity index (χ1) is 10.4. The van der Waals surface area contributed by atoms with Gasteiger partial charge in [-0.2, -0.15) is 0 Å². The van der Waals surface area contributed by atoms with Crippen LogP contribution in [0.1, 0.15) is 38.5 Å². The molecular formula is C18H28N2O. The van der Waals surface area contributed by atoms with Gasteiger partial charge in [0.2, 0.25) is 0 Å². The Morgan fingerprint density at radius 2 is 1.71 bits per heavy atom. The lowest BCUT2D eigenvalue weighted by Crippen LogP contribution is -2.36. The van der Waals surface area contributed by atoms with Crippen LogP contribution in [0.2, 0.25) is 0 Å². The third kappa shape index (κ3) is 4.37. The molecule has 116 valence electrons. The first-order valence-corrected chi connectivity index (χ1v) is 8.58. The molecule has 3 heteroatoms. The predicted molar refractivity (Wildman–Crippen MR) is 89.2 cm³/mol. The zero-order valence-corrected chi connectivity index (χ0v) is 13.0. The lowest BCUT2D eigenvalue weighted by Gasteiger charge is -2.29. The lowest BCUT2D eigenvalue weighted by molar-refractivity contribution is 0.122. The number of ether oxygens (including phenoxy) is 1. The molecule has 21 heavy (non-hydrogen) atoms. The standard InChI is InChI=1S/C18H28N2O/c1-2-4-16(5-3-1)10-11-19-17-6-8-18(9-7-17)20-12-14-21-15-13-20/h6-9,16,19H,1-5,10-15H2. The smallest absolute Gasteiger partial charge is 0.0642 e. The molecule has 3 rings (SSSR count). The van der Waals surface area contributed by atoms with Crippen LogP contribution in [0.15, 0.2) is 24.3 Å². The molecule has 1 aromatic rings. The Bertz CT molecular complexity index is 406. The molecule has 1 aromatic carbocycles. The Morgan fingerprint density at radius 3 is 2.43 bits per heavy atom. The molecule has 1 heterocycles. The monoisotopic (exact) mass is 288 g/mol. The number of morpholine rings is 1. The summed E-state index contributed by atoms with van der Waals surface area (Å²) in [5.41, 5.74) is 2.57. The zero-order valence-electron chi connectivity index (χ0n) is 13.0. The summed E-state index contributed by atoms with van der Waals surface area (Å²) in [5.74, 6) is 0.957. The van der Waals surface area contributed by atoms with Crippen molar-refractivity contribution in [1.82, 2.24) is 0 Å². The SMILES string of the molecule is c1cc(N2CCOCC2)ccc1NCCC1CCCCC1. The molecule has 0 atom stereocenters. The molecule has 2 aliphatic rings. The fourth-order valence-electron chi connectivity index (χ4n) is 3.51. The summed E-state index contributed by atoms with van der Waals surface area (Å²) in [6.45, 7) is 4.83. The first-order valence-electron chi connectivity index (χ1n) is 8.58. The molecule has 0 radical (unpaired) electrons. The summed E-state index contributed by atoms with van der Waals surface area (Å²) in [6, 6.07) is 8.89. The van der Waals surface area contributed by atoms with E-state index in [1.807, 2.05) is 0 Å². The molecule has 0 amide bonds. The van der Waals surface area contributed by atoms with E-state index in [1.165, 1.54) is 49.9 Å². The molecule has 1 aliphatic carbocycles. The van der Waals surface area contributed by atoms with Gasteiger partial charge < -0.3 is 15.0 Å². The van der Waals surface area contributed by atoms with Crippen LogP contribution in [0.25, 0.3) is 0 Å². The summed E-state index contributed by atoms with van der Waals surface area (Å²) in [7, 11) is 0. The van der Waals surface area contributed by atoms with Crippen molar-refractivity contribution in [3.63, 3.8) is 0 Å². The first kappa shape index (κ1) is 14.7. The average Bonchev–Trinajstić information content (AvgIpc) is 2.57. The summed E-state index contributed by atoms with van der Waals surface area (Å²) < 4.78 is 5.40. The highest BCUT2D eigenvalue weighted by Gasteiger charge is 2.13. The number of nitrogens with zero attached hydrogens (tertiary/aromatic N) is 1. The van der Waals surface area contributed by atoms with Gasteiger partial charge in [0.05, 0.1) is 13.2 Å². The molecule has 1 saturated carbocycles. The third-order valence-corrected chi connectivity index (χ3v) is 4.85. The Morgan fingerprint density at radius 1 is 1.00 bits per heavy atom. The van der Waals surface area contributed by atoms with Crippen molar-refractivity contribution in [3.05, 3.63) is 24.3 Å². The van der Waals surface area contributed by atoms with Gasteiger partial charge in [-0.25, -0.2) is 0 Å². The second kappa shape index (κ2) is 7.69. The van der Waals surface area contributed by atoms with Gasteiger partial charge in [0, 0.05) is 31.0 Å². The number of rotatable bonds is 5. The van der Waals surface area contributed by atoms with E-state index in [0.29, 0.717) is 0 Å². The van der Waals surface area contributed by atoms with E-state index < -0.39 is 0 Å². The van der Waals surface area contributed by atoms with E-state index in [4.69, 9.17) is 4.74 Å². The van der Waals surface area contributed by atoms with Gasteiger partial charge in [0.25, 0.3) is 0 Å². The van der Waals surface area contributed by atoms with Gasteiger partial charge in [0.15, 0.2) is 0 Å². The van der Waals surface area contributed by atoms with Gasteiger partial charge >= 0.3 is 0 Å². The number of anilines is 2. The van der Waals surface area contributed by atoms with E-state index in [0.717, 1.165) is 38.8 Å². The van der Waals surface area contributed by atoms with Crippen LogP contribution < -0.4 is 10.2 Å². The van der Waals surface area contributed by atoms with Crippen molar-refractivity contribution in [3.8, 4) is 0 Å². The van der Waals surface area contributed by atoms with Crippen LogP contribution in [0, 0.1) is 5.92 Å². The minimum atomic E-state index is 0.849. The van der Waals surface area contributed by atoms with Gasteiger partial charge in [-0.3, -0.25) is 0 Å². The van der Waals surface area contributed by atoms with Crippen molar-refractivity contribution in [2.24, 2.45) is 5.92 Å². The Hall–Kier alpha value is -1.22. The molecule has 1 saturated heterocycles. The van der Waals surface area contributed by atoms with E-state index >= 15 is 0 Å². The highest BCUT2D eigenvalue weighted by atomic mass is 16.5. The van der Waals surface area contributed by atoms with Crippen LogP contribution >= 0.6 is 0 Å². The van der Waals surface area contributed by atoms with Crippen molar-refractivity contribution in [1.29, 1.82) is 0 Å². The number of nitrogens with one attached hydrogen (secondary N) is 1. The van der Waals surface area contributed by atoms with Gasteiger partial charge in [0.1, 0.15) is 0 Å². The van der Waals surface area contributed by atoms with Crippen LogP contribution in [-0.2, 0) is 4.74 Å². The van der Waals surface area contributed by atoms with Crippen molar-refractivity contribution >= 4 is 11.4 Å². The quantitative estimate of drug-likeness (QED) is 0.889. The van der Waals surface area contributed by atoms with Crippen LogP contribution in [0.4, 0.5) is 11.4 Å². The largest absolute Gasteiger partial charge is 0.385 e. The lowest BCUT2D eigenvalue weighted by atomic mass is 9.87. The van der Waals surface area contributed by atoms with Gasteiger partial charge in [-0.05, 0) is 36.6 Å². The highest BCUT2D eigenvalue weighted by Crippen LogP contribution is 2.26. The van der Waals surface area contributed by atoms with Crippen molar-refractivity contribution < 1.29 is 4.74 Å². The molecule has 0 bridgehead atoms. The second-order valence-corrected chi connectivity index (χ2v) is 6.37. The van der Waals surface area contributed by atoms with Crippen molar-refractivity contribution in [2.75, 3.05) is 43.1 Å². The minimum absolute atomic E-state index is 0.849. The number of benzene rings is 1. The van der Waals surface area contributed by atoms with Gasteiger partial charge in [-0.1, -0.05) is 32.1 Å². The summed E-state index contributed by atoms with van der Waals surface area (Å²) in [5, 5.41) is 3.58. The Kier molecular flexibility index (Phi) is 5.39. The van der Waals surface area contributed by atoms with Crippen LogP contribution in [0.3, 0.4) is 0 Å². The third-order valence-electron chi connectivity index (χ3n) is 4.85. The fourth-order valence-corrected chi connectivity index (χ4v) is 3.51. The summed E-state index contributed by atoms with van der Waals surface area (Å²) in [4.78, 5) is 2.40. The predicted octanol–water partition coefficient (Wildman–Crippen LogP) is 3.91. The van der Waals surface area contributed by atoms with Crippen molar-refractivity contribution in [2.45, 2.75) is 38.5 Å². The molecule has 1 N–H and O–H groups in total. The Labute approximate surface area is 128 Å². The van der Waals surface area contributed by atoms with Crippen LogP contribution in [-0.4, -0.2) is 32.8 Å².